The van der Waals surface area contributed by atoms with Crippen LogP contribution < -0.4 is 4.74 Å². The molecule has 16 heavy (non-hydrogen) atoms. The quantitative estimate of drug-likeness (QED) is 0.249. The minimum Gasteiger partial charge on any atom is -0.395 e. The molecule has 0 N–H and O–H groups in total. The van der Waals surface area contributed by atoms with Crippen molar-refractivity contribution in [1.29, 1.82) is 0 Å². The first-order valence-electron chi connectivity index (χ1n) is 4.13. The number of ether oxygens (including phenoxy) is 2. The van der Waals surface area contributed by atoms with Crippen molar-refractivity contribution in [3.8, 4) is 5.75 Å². The van der Waals surface area contributed by atoms with E-state index in [0.717, 1.165) is 19.1 Å². The predicted molar refractivity (Wildman–Crippen MR) is 50.9 cm³/mol. The van der Waals surface area contributed by atoms with E-state index in [-0.39, 0.29) is 11.4 Å². The molecule has 7 heteroatoms. The number of benzene rings is 1. The van der Waals surface area contributed by atoms with Crippen LogP contribution in [0.4, 0.5) is 10.5 Å². The van der Waals surface area contributed by atoms with E-state index >= 15 is 0 Å². The highest BCUT2D eigenvalue weighted by molar-refractivity contribution is 5.81. The van der Waals surface area contributed by atoms with Crippen LogP contribution in [0.25, 0.3) is 0 Å². The largest absolute Gasteiger partial charge is 0.521 e. The summed E-state index contributed by atoms with van der Waals surface area (Å²) in [7, 11) is 0. The van der Waals surface area contributed by atoms with Crippen LogP contribution >= 0.6 is 0 Å². The van der Waals surface area contributed by atoms with E-state index in [0.29, 0.717) is 0 Å². The van der Waals surface area contributed by atoms with Gasteiger partial charge < -0.3 is 9.47 Å². The van der Waals surface area contributed by atoms with Gasteiger partial charge in [0, 0.05) is 19.1 Å². The van der Waals surface area contributed by atoms with Crippen molar-refractivity contribution in [2.24, 2.45) is 0 Å². The van der Waals surface area contributed by atoms with Crippen molar-refractivity contribution >= 4 is 17.8 Å². The number of nitrogens with zero attached hydrogens (tertiary/aromatic N) is 1. The van der Waals surface area contributed by atoms with Crippen molar-refractivity contribution in [3.63, 3.8) is 0 Å². The van der Waals surface area contributed by atoms with Crippen molar-refractivity contribution in [2.45, 2.75) is 6.92 Å². The second kappa shape index (κ2) is 4.87. The zero-order valence-corrected chi connectivity index (χ0v) is 8.21. The summed E-state index contributed by atoms with van der Waals surface area (Å²) in [5.41, 5.74) is -0.132. The molecule has 0 aliphatic carbocycles. The third-order valence-electron chi connectivity index (χ3n) is 1.48. The van der Waals surface area contributed by atoms with Gasteiger partial charge in [0.25, 0.3) is 5.69 Å². The summed E-state index contributed by atoms with van der Waals surface area (Å²) in [5.74, 6) is -0.747. The fourth-order valence-electron chi connectivity index (χ4n) is 0.870. The van der Waals surface area contributed by atoms with Gasteiger partial charge in [-0.3, -0.25) is 14.9 Å². The van der Waals surface area contributed by atoms with Gasteiger partial charge in [0.05, 0.1) is 4.92 Å². The standard InChI is InChI=1S/C9H7NO6/c1-6(11)15-9(12)16-8-4-2-7(3-5-8)10(13)14/h2-5H,1H3. The average Bonchev–Trinajstić information content (AvgIpc) is 2.16. The molecule has 0 saturated heterocycles. The number of carbonyl (C=O) groups is 2. The Morgan fingerprint density at radius 1 is 1.25 bits per heavy atom. The molecule has 7 nitrogen and oxygen atoms in total. The van der Waals surface area contributed by atoms with E-state index in [1.165, 1.54) is 12.1 Å². The number of non-ortho nitro benzene ring substituents is 1. The van der Waals surface area contributed by atoms with Crippen molar-refractivity contribution in [2.75, 3.05) is 0 Å². The minimum atomic E-state index is -1.18. The Hall–Kier alpha value is -2.44. The van der Waals surface area contributed by atoms with Crippen LogP contribution in [0.3, 0.4) is 0 Å². The van der Waals surface area contributed by atoms with Gasteiger partial charge in [0.15, 0.2) is 0 Å². The summed E-state index contributed by atoms with van der Waals surface area (Å²) in [6.07, 6.45) is -1.18. The van der Waals surface area contributed by atoms with Gasteiger partial charge in [-0.25, -0.2) is 4.79 Å². The van der Waals surface area contributed by atoms with Gasteiger partial charge in [-0.05, 0) is 12.1 Å². The van der Waals surface area contributed by atoms with Crippen LogP contribution in [0.5, 0.6) is 5.75 Å². The first-order valence-corrected chi connectivity index (χ1v) is 4.13. The Morgan fingerprint density at radius 2 is 1.81 bits per heavy atom. The van der Waals surface area contributed by atoms with Gasteiger partial charge in [-0.15, -0.1) is 0 Å². The normalized spacial score (nSPS) is 9.31. The van der Waals surface area contributed by atoms with E-state index < -0.39 is 17.0 Å². The highest BCUT2D eigenvalue weighted by atomic mass is 16.7. The molecule has 0 aliphatic heterocycles. The molecule has 1 rings (SSSR count). The molecule has 0 aliphatic rings. The maximum Gasteiger partial charge on any atom is 0.521 e. The fourth-order valence-corrected chi connectivity index (χ4v) is 0.870. The molecule has 0 heterocycles. The second-order valence-corrected chi connectivity index (χ2v) is 2.70. The smallest absolute Gasteiger partial charge is 0.395 e. The molecule has 0 fully saturated rings. The Labute approximate surface area is 89.7 Å². The van der Waals surface area contributed by atoms with Gasteiger partial charge in [-0.1, -0.05) is 0 Å². The van der Waals surface area contributed by atoms with Crippen LogP contribution in [0.1, 0.15) is 6.92 Å². The van der Waals surface area contributed by atoms with Gasteiger partial charge >= 0.3 is 12.1 Å². The Morgan fingerprint density at radius 3 is 2.25 bits per heavy atom. The lowest BCUT2D eigenvalue weighted by Gasteiger charge is -2.01. The fraction of sp³-hybridized carbons (Fsp3) is 0.111. The lowest BCUT2D eigenvalue weighted by atomic mass is 10.3. The van der Waals surface area contributed by atoms with E-state index in [1.807, 2.05) is 0 Å². The van der Waals surface area contributed by atoms with E-state index in [2.05, 4.69) is 9.47 Å². The molecular formula is C9H7NO6. The minimum absolute atomic E-state index is 0.0526. The van der Waals surface area contributed by atoms with Gasteiger partial charge in [0.1, 0.15) is 5.75 Å². The van der Waals surface area contributed by atoms with E-state index in [4.69, 9.17) is 0 Å². The lowest BCUT2D eigenvalue weighted by molar-refractivity contribution is -0.384. The van der Waals surface area contributed by atoms with Gasteiger partial charge in [0.2, 0.25) is 0 Å². The molecule has 0 radical (unpaired) electrons. The summed E-state index contributed by atoms with van der Waals surface area (Å²) in [6, 6.07) is 4.77. The Balaban J connectivity index is 2.65. The molecule has 0 saturated carbocycles. The highest BCUT2D eigenvalue weighted by Gasteiger charge is 2.10. The van der Waals surface area contributed by atoms with Crippen LogP contribution in [0.2, 0.25) is 0 Å². The lowest BCUT2D eigenvalue weighted by Crippen LogP contribution is -2.13. The molecule has 1 aromatic rings. The zero-order chi connectivity index (χ0) is 12.1. The Kier molecular flexibility index (Phi) is 3.54. The summed E-state index contributed by atoms with van der Waals surface area (Å²) >= 11 is 0. The zero-order valence-electron chi connectivity index (χ0n) is 8.21. The maximum absolute atomic E-state index is 10.8. The van der Waals surface area contributed by atoms with Crippen molar-refractivity contribution in [3.05, 3.63) is 34.4 Å². The number of nitro benzene ring substituents is 1. The molecule has 1 aromatic carbocycles. The van der Waals surface area contributed by atoms with Gasteiger partial charge in [-0.2, -0.15) is 0 Å². The maximum atomic E-state index is 10.8. The third kappa shape index (κ3) is 3.37. The summed E-state index contributed by atoms with van der Waals surface area (Å²) in [4.78, 5) is 30.9. The summed E-state index contributed by atoms with van der Waals surface area (Å²) in [6.45, 7) is 1.05. The Bertz CT molecular complexity index is 424. The number of nitro groups is 1. The molecule has 0 spiro atoms. The number of hydrogen-bond donors (Lipinski definition) is 0. The average molecular weight is 225 g/mol. The number of rotatable bonds is 2. The highest BCUT2D eigenvalue weighted by Crippen LogP contribution is 2.17. The van der Waals surface area contributed by atoms with Crippen LogP contribution in [0, 0.1) is 10.1 Å². The van der Waals surface area contributed by atoms with Crippen LogP contribution in [0.15, 0.2) is 24.3 Å². The molecule has 84 valence electrons. The van der Waals surface area contributed by atoms with Crippen LogP contribution in [-0.4, -0.2) is 17.0 Å². The molecule has 0 amide bonds. The first-order chi connectivity index (χ1) is 7.49. The second-order valence-electron chi connectivity index (χ2n) is 2.70. The molecule has 0 unspecified atom stereocenters. The number of hydrogen-bond acceptors (Lipinski definition) is 6. The number of esters is 1. The van der Waals surface area contributed by atoms with E-state index in [9.17, 15) is 19.7 Å². The van der Waals surface area contributed by atoms with Crippen molar-refractivity contribution < 1.29 is 24.0 Å². The molecular weight excluding hydrogens is 218 g/mol. The SMILES string of the molecule is CC(=O)OC(=O)Oc1ccc([N+](=O)[O-])cc1. The summed E-state index contributed by atoms with van der Waals surface area (Å²) < 4.78 is 8.65. The topological polar surface area (TPSA) is 95.7 Å². The molecule has 0 aromatic heterocycles. The third-order valence-corrected chi connectivity index (χ3v) is 1.48. The molecule has 0 bridgehead atoms. The number of carbonyl (C=O) groups excluding carboxylic acids is 2. The van der Waals surface area contributed by atoms with E-state index in [1.54, 1.807) is 0 Å². The van der Waals surface area contributed by atoms with Crippen LogP contribution in [-0.2, 0) is 9.53 Å². The predicted octanol–water partition coefficient (Wildman–Crippen LogP) is 1.66. The first kappa shape index (κ1) is 11.6. The monoisotopic (exact) mass is 225 g/mol. The summed E-state index contributed by atoms with van der Waals surface area (Å²) in [5, 5.41) is 10.3. The molecule has 0 atom stereocenters. The van der Waals surface area contributed by atoms with Crippen molar-refractivity contribution in [1.82, 2.24) is 0 Å².